The molecule has 2 rings (SSSR count). The van der Waals surface area contributed by atoms with Gasteiger partial charge in [0.15, 0.2) is 6.61 Å². The molecule has 1 N–H and O–H groups in total. The zero-order valence-corrected chi connectivity index (χ0v) is 19.9. The Labute approximate surface area is 193 Å². The lowest BCUT2D eigenvalue weighted by molar-refractivity contribution is -0.154. The Bertz CT molecular complexity index is 1060. The molecular weight excluding hydrogens is 451 g/mol. The number of nitrogens with zero attached hydrogens (tertiary/aromatic N) is 1. The van der Waals surface area contributed by atoms with E-state index in [1.807, 2.05) is 19.1 Å². The van der Waals surface area contributed by atoms with E-state index in [9.17, 15) is 22.4 Å². The van der Waals surface area contributed by atoms with Crippen LogP contribution in [-0.2, 0) is 30.9 Å². The lowest BCUT2D eigenvalue weighted by atomic mass is 10.1. The van der Waals surface area contributed by atoms with Gasteiger partial charge in [0.2, 0.25) is 10.0 Å². The number of halogens is 1. The standard InChI is InChI=1S/C23H29FN2O6S/c1-5-31-18-12-10-17(11-13-18)14-26(4)21(27)15-32-23(28)22(16(2)3)25-33(29,30)20-9-7-6-8-19(20)24/h6-13,16,22,25H,5,14-15H2,1-4H3/t22-/m0/s1. The number of carbonyl (C=O) groups is 2. The molecule has 0 aliphatic heterocycles. The fraction of sp³-hybridized carbons (Fsp3) is 0.391. The first-order valence-corrected chi connectivity index (χ1v) is 11.9. The second kappa shape index (κ2) is 11.8. The van der Waals surface area contributed by atoms with Gasteiger partial charge < -0.3 is 14.4 Å². The van der Waals surface area contributed by atoms with Crippen LogP contribution in [0, 0.1) is 11.7 Å². The highest BCUT2D eigenvalue weighted by Gasteiger charge is 2.31. The molecule has 0 aliphatic rings. The summed E-state index contributed by atoms with van der Waals surface area (Å²) in [4.78, 5) is 25.7. The summed E-state index contributed by atoms with van der Waals surface area (Å²) in [6.07, 6.45) is 0. The van der Waals surface area contributed by atoms with E-state index >= 15 is 0 Å². The summed E-state index contributed by atoms with van der Waals surface area (Å²) in [5.74, 6) is -2.10. The van der Waals surface area contributed by atoms with Crippen molar-refractivity contribution in [2.45, 2.75) is 38.3 Å². The summed E-state index contributed by atoms with van der Waals surface area (Å²) in [5.41, 5.74) is 0.860. The molecule has 180 valence electrons. The second-order valence-electron chi connectivity index (χ2n) is 7.71. The number of sulfonamides is 1. The number of likely N-dealkylation sites (N-methyl/N-ethyl adjacent to an activating group) is 1. The average molecular weight is 481 g/mol. The van der Waals surface area contributed by atoms with Gasteiger partial charge in [0, 0.05) is 13.6 Å². The van der Waals surface area contributed by atoms with Gasteiger partial charge in [-0.05, 0) is 42.7 Å². The molecule has 1 atom stereocenters. The Morgan fingerprint density at radius 2 is 1.73 bits per heavy atom. The van der Waals surface area contributed by atoms with Crippen LogP contribution in [0.5, 0.6) is 5.75 Å². The Kier molecular flexibility index (Phi) is 9.36. The molecule has 0 saturated heterocycles. The quantitative estimate of drug-likeness (QED) is 0.496. The normalized spacial score (nSPS) is 12.3. The van der Waals surface area contributed by atoms with E-state index in [0.717, 1.165) is 23.4 Å². The van der Waals surface area contributed by atoms with Gasteiger partial charge in [-0.2, -0.15) is 4.72 Å². The van der Waals surface area contributed by atoms with Gasteiger partial charge in [-0.3, -0.25) is 9.59 Å². The molecule has 2 aromatic carbocycles. The molecule has 33 heavy (non-hydrogen) atoms. The predicted molar refractivity (Wildman–Crippen MR) is 120 cm³/mol. The van der Waals surface area contributed by atoms with E-state index in [1.54, 1.807) is 33.0 Å². The summed E-state index contributed by atoms with van der Waals surface area (Å²) in [6, 6.07) is 10.8. The van der Waals surface area contributed by atoms with Gasteiger partial charge in [0.05, 0.1) is 6.61 Å². The number of hydrogen-bond donors (Lipinski definition) is 1. The monoisotopic (exact) mass is 480 g/mol. The van der Waals surface area contributed by atoms with E-state index in [1.165, 1.54) is 17.0 Å². The number of esters is 1. The summed E-state index contributed by atoms with van der Waals surface area (Å²) >= 11 is 0. The van der Waals surface area contributed by atoms with E-state index < -0.39 is 51.2 Å². The van der Waals surface area contributed by atoms with Crippen molar-refractivity contribution in [3.05, 3.63) is 59.9 Å². The minimum atomic E-state index is -4.32. The highest BCUT2D eigenvalue weighted by molar-refractivity contribution is 7.89. The summed E-state index contributed by atoms with van der Waals surface area (Å²) < 4.78 is 51.7. The zero-order valence-electron chi connectivity index (χ0n) is 19.1. The Morgan fingerprint density at radius 3 is 2.30 bits per heavy atom. The molecule has 1 amide bonds. The van der Waals surface area contributed by atoms with Crippen LogP contribution in [0.2, 0.25) is 0 Å². The van der Waals surface area contributed by atoms with Gasteiger partial charge in [-0.1, -0.05) is 38.1 Å². The van der Waals surface area contributed by atoms with Crippen LogP contribution in [0.15, 0.2) is 53.4 Å². The minimum absolute atomic E-state index is 0.288. The minimum Gasteiger partial charge on any atom is -0.494 e. The summed E-state index contributed by atoms with van der Waals surface area (Å²) in [5, 5.41) is 0. The van der Waals surface area contributed by atoms with E-state index in [4.69, 9.17) is 9.47 Å². The van der Waals surface area contributed by atoms with Crippen molar-refractivity contribution < 1.29 is 31.9 Å². The number of hydrogen-bond acceptors (Lipinski definition) is 6. The van der Waals surface area contributed by atoms with Gasteiger partial charge >= 0.3 is 5.97 Å². The smallest absolute Gasteiger partial charge is 0.324 e. The number of carbonyl (C=O) groups excluding carboxylic acids is 2. The maximum Gasteiger partial charge on any atom is 0.324 e. The van der Waals surface area contributed by atoms with E-state index in [2.05, 4.69) is 4.72 Å². The number of benzene rings is 2. The first kappa shape index (κ1) is 26.3. The average Bonchev–Trinajstić information content (AvgIpc) is 2.77. The Morgan fingerprint density at radius 1 is 1.09 bits per heavy atom. The Balaban J connectivity index is 1.97. The molecule has 0 aromatic heterocycles. The molecule has 0 heterocycles. The van der Waals surface area contributed by atoms with Crippen molar-refractivity contribution in [2.24, 2.45) is 5.92 Å². The van der Waals surface area contributed by atoms with Crippen LogP contribution >= 0.6 is 0 Å². The molecular formula is C23H29FN2O6S. The number of ether oxygens (including phenoxy) is 2. The van der Waals surface area contributed by atoms with Gasteiger partial charge in [0.1, 0.15) is 22.5 Å². The second-order valence-corrected chi connectivity index (χ2v) is 9.39. The number of amides is 1. The third-order valence-corrected chi connectivity index (χ3v) is 6.22. The van der Waals surface area contributed by atoms with Crippen LogP contribution < -0.4 is 9.46 Å². The molecule has 0 bridgehead atoms. The third kappa shape index (κ3) is 7.54. The molecule has 0 unspecified atom stereocenters. The van der Waals surface area contributed by atoms with Crippen LogP contribution in [0.4, 0.5) is 4.39 Å². The van der Waals surface area contributed by atoms with Crippen molar-refractivity contribution in [3.63, 3.8) is 0 Å². The third-order valence-electron chi connectivity index (χ3n) is 4.75. The van der Waals surface area contributed by atoms with Crippen LogP contribution in [0.25, 0.3) is 0 Å². The van der Waals surface area contributed by atoms with Gasteiger partial charge in [-0.25, -0.2) is 12.8 Å². The zero-order chi connectivity index (χ0) is 24.6. The molecule has 0 spiro atoms. The maximum atomic E-state index is 13.9. The van der Waals surface area contributed by atoms with Crippen molar-refractivity contribution in [2.75, 3.05) is 20.3 Å². The molecule has 0 saturated carbocycles. The molecule has 10 heteroatoms. The molecule has 0 fully saturated rings. The lowest BCUT2D eigenvalue weighted by Gasteiger charge is -2.22. The summed E-state index contributed by atoms with van der Waals surface area (Å²) in [7, 11) is -2.75. The van der Waals surface area contributed by atoms with Gasteiger partial charge in [0.25, 0.3) is 5.91 Å². The highest BCUT2D eigenvalue weighted by atomic mass is 32.2. The van der Waals surface area contributed by atoms with Gasteiger partial charge in [-0.15, -0.1) is 0 Å². The highest BCUT2D eigenvalue weighted by Crippen LogP contribution is 2.16. The molecule has 0 radical (unpaired) electrons. The van der Waals surface area contributed by atoms with Crippen molar-refractivity contribution >= 4 is 21.9 Å². The first-order chi connectivity index (χ1) is 15.5. The van der Waals surface area contributed by atoms with Crippen LogP contribution in [0.3, 0.4) is 0 Å². The topological polar surface area (TPSA) is 102 Å². The fourth-order valence-corrected chi connectivity index (χ4v) is 4.31. The maximum absolute atomic E-state index is 13.9. The Hall–Kier alpha value is -2.98. The predicted octanol–water partition coefficient (Wildman–Crippen LogP) is 2.73. The van der Waals surface area contributed by atoms with E-state index in [-0.39, 0.29) is 6.54 Å². The number of rotatable bonds is 11. The largest absolute Gasteiger partial charge is 0.494 e. The van der Waals surface area contributed by atoms with Crippen LogP contribution in [0.1, 0.15) is 26.3 Å². The SMILES string of the molecule is CCOc1ccc(CN(C)C(=O)COC(=O)[C@@H](NS(=O)(=O)c2ccccc2F)C(C)C)cc1. The van der Waals surface area contributed by atoms with Crippen molar-refractivity contribution in [3.8, 4) is 5.75 Å². The summed E-state index contributed by atoms with van der Waals surface area (Å²) in [6.45, 7) is 5.38. The van der Waals surface area contributed by atoms with Crippen molar-refractivity contribution in [1.82, 2.24) is 9.62 Å². The molecule has 2 aromatic rings. The molecule has 0 aliphatic carbocycles. The fourth-order valence-electron chi connectivity index (χ4n) is 2.90. The van der Waals surface area contributed by atoms with E-state index in [0.29, 0.717) is 6.61 Å². The van der Waals surface area contributed by atoms with Crippen LogP contribution in [-0.4, -0.2) is 51.5 Å². The lowest BCUT2D eigenvalue weighted by Crippen LogP contribution is -2.46. The first-order valence-electron chi connectivity index (χ1n) is 10.4. The number of nitrogens with one attached hydrogen (secondary N) is 1. The molecule has 8 nitrogen and oxygen atoms in total. The van der Waals surface area contributed by atoms with Crippen molar-refractivity contribution in [1.29, 1.82) is 0 Å².